The number of methoxy groups -OCH3 is 1. The maximum Gasteiger partial charge on any atom is 0.131 e. The Morgan fingerprint density at radius 2 is 1.90 bits per heavy atom. The molecular weight excluding hydrogens is 282 g/mol. The molecule has 3 rings (SSSR count). The van der Waals surface area contributed by atoms with Crippen molar-refractivity contribution in [3.8, 4) is 17.0 Å². The minimum atomic E-state index is -0.685. The largest absolute Gasteiger partial charge is 0.497 e. The van der Waals surface area contributed by atoms with Gasteiger partial charge in [0, 0.05) is 10.9 Å². The second kappa shape index (κ2) is 6.08. The van der Waals surface area contributed by atoms with Crippen molar-refractivity contribution in [2.75, 3.05) is 7.11 Å². The van der Waals surface area contributed by atoms with Crippen molar-refractivity contribution in [1.82, 2.24) is 4.98 Å². The summed E-state index contributed by atoms with van der Waals surface area (Å²) in [5.41, 5.74) is 2.69. The van der Waals surface area contributed by atoms with Gasteiger partial charge in [0.15, 0.2) is 0 Å². The van der Waals surface area contributed by atoms with Crippen LogP contribution in [0, 0.1) is 0 Å². The molecule has 0 aliphatic heterocycles. The van der Waals surface area contributed by atoms with E-state index in [1.165, 1.54) is 11.3 Å². The van der Waals surface area contributed by atoms with Crippen molar-refractivity contribution in [2.24, 2.45) is 0 Å². The van der Waals surface area contributed by atoms with E-state index >= 15 is 0 Å². The summed E-state index contributed by atoms with van der Waals surface area (Å²) in [5.74, 6) is 0.797. The van der Waals surface area contributed by atoms with E-state index in [1.807, 2.05) is 60.0 Å². The van der Waals surface area contributed by atoms with Crippen LogP contribution in [0.5, 0.6) is 5.75 Å². The van der Waals surface area contributed by atoms with Crippen molar-refractivity contribution in [3.05, 3.63) is 70.5 Å². The van der Waals surface area contributed by atoms with E-state index in [4.69, 9.17) is 4.74 Å². The van der Waals surface area contributed by atoms with Gasteiger partial charge >= 0.3 is 0 Å². The first-order chi connectivity index (χ1) is 10.3. The number of aromatic nitrogens is 1. The molecule has 2 aromatic carbocycles. The number of hydrogen-bond donors (Lipinski definition) is 1. The first-order valence-corrected chi connectivity index (χ1v) is 7.49. The van der Waals surface area contributed by atoms with Crippen LogP contribution in [-0.2, 0) is 0 Å². The third kappa shape index (κ3) is 2.96. The van der Waals surface area contributed by atoms with Crippen molar-refractivity contribution >= 4 is 11.3 Å². The van der Waals surface area contributed by atoms with Gasteiger partial charge in [-0.2, -0.15) is 0 Å². The highest BCUT2D eigenvalue weighted by Crippen LogP contribution is 2.30. The Balaban J connectivity index is 1.89. The number of nitrogens with zero attached hydrogens (tertiary/aromatic N) is 1. The van der Waals surface area contributed by atoms with Crippen LogP contribution >= 0.6 is 11.3 Å². The maximum absolute atomic E-state index is 10.4. The third-order valence-corrected chi connectivity index (χ3v) is 4.13. The Bertz CT molecular complexity index is 724. The van der Waals surface area contributed by atoms with Gasteiger partial charge in [0.1, 0.15) is 16.9 Å². The number of benzene rings is 2. The van der Waals surface area contributed by atoms with Gasteiger partial charge in [-0.25, -0.2) is 4.98 Å². The van der Waals surface area contributed by atoms with Crippen LogP contribution < -0.4 is 4.74 Å². The molecule has 106 valence electrons. The zero-order valence-corrected chi connectivity index (χ0v) is 12.4. The second-order valence-electron chi connectivity index (χ2n) is 4.62. The predicted molar refractivity (Wildman–Crippen MR) is 84.6 cm³/mol. The smallest absolute Gasteiger partial charge is 0.131 e. The summed E-state index contributed by atoms with van der Waals surface area (Å²) in [7, 11) is 1.64. The molecule has 0 saturated carbocycles. The molecule has 1 atom stereocenters. The summed E-state index contributed by atoms with van der Waals surface area (Å²) in [5, 5.41) is 13.0. The minimum absolute atomic E-state index is 0.685. The summed E-state index contributed by atoms with van der Waals surface area (Å²) < 4.78 is 5.23. The van der Waals surface area contributed by atoms with Crippen LogP contribution in [0.3, 0.4) is 0 Å². The van der Waals surface area contributed by atoms with Gasteiger partial charge in [0.2, 0.25) is 0 Å². The van der Waals surface area contributed by atoms with Crippen LogP contribution in [0.4, 0.5) is 0 Å². The van der Waals surface area contributed by atoms with E-state index in [0.717, 1.165) is 22.6 Å². The molecule has 0 radical (unpaired) electrons. The molecule has 1 unspecified atom stereocenters. The molecule has 0 spiro atoms. The Labute approximate surface area is 127 Å². The second-order valence-corrected chi connectivity index (χ2v) is 5.51. The average Bonchev–Trinajstić information content (AvgIpc) is 3.05. The third-order valence-electron chi connectivity index (χ3n) is 3.24. The highest BCUT2D eigenvalue weighted by atomic mass is 32.1. The van der Waals surface area contributed by atoms with E-state index in [0.29, 0.717) is 5.01 Å². The van der Waals surface area contributed by atoms with Crippen molar-refractivity contribution in [1.29, 1.82) is 0 Å². The molecule has 3 nitrogen and oxygen atoms in total. The fraction of sp³-hybridized carbons (Fsp3) is 0.118. The summed E-state index contributed by atoms with van der Waals surface area (Å²) >= 11 is 1.46. The summed E-state index contributed by atoms with van der Waals surface area (Å²) in [6.07, 6.45) is -0.685. The lowest BCUT2D eigenvalue weighted by Crippen LogP contribution is -1.98. The first kappa shape index (κ1) is 13.8. The zero-order valence-electron chi connectivity index (χ0n) is 11.6. The number of hydrogen-bond acceptors (Lipinski definition) is 4. The SMILES string of the molecule is COc1cccc(-c2csc(C(O)c3ccccc3)n2)c1. The molecule has 0 aliphatic carbocycles. The van der Waals surface area contributed by atoms with Gasteiger partial charge in [0.25, 0.3) is 0 Å². The van der Waals surface area contributed by atoms with E-state index in [-0.39, 0.29) is 0 Å². The molecule has 0 saturated heterocycles. The van der Waals surface area contributed by atoms with E-state index in [2.05, 4.69) is 4.98 Å². The molecular formula is C17H15NO2S. The van der Waals surface area contributed by atoms with E-state index in [1.54, 1.807) is 7.11 Å². The van der Waals surface area contributed by atoms with Gasteiger partial charge in [-0.3, -0.25) is 0 Å². The minimum Gasteiger partial charge on any atom is -0.497 e. The van der Waals surface area contributed by atoms with Crippen molar-refractivity contribution < 1.29 is 9.84 Å². The Morgan fingerprint density at radius 3 is 2.67 bits per heavy atom. The fourth-order valence-electron chi connectivity index (χ4n) is 2.11. The molecule has 1 N–H and O–H groups in total. The topological polar surface area (TPSA) is 42.4 Å². The lowest BCUT2D eigenvalue weighted by Gasteiger charge is -2.07. The van der Waals surface area contributed by atoms with Gasteiger partial charge in [0.05, 0.1) is 12.8 Å². The molecule has 0 fully saturated rings. The van der Waals surface area contributed by atoms with E-state index < -0.39 is 6.10 Å². The Kier molecular flexibility index (Phi) is 3.99. The number of rotatable bonds is 4. The Hall–Kier alpha value is -2.17. The molecule has 1 heterocycles. The first-order valence-electron chi connectivity index (χ1n) is 6.61. The van der Waals surface area contributed by atoms with Gasteiger partial charge in [-0.1, -0.05) is 42.5 Å². The van der Waals surface area contributed by atoms with Gasteiger partial charge in [-0.05, 0) is 17.7 Å². The lowest BCUT2D eigenvalue weighted by atomic mass is 10.1. The number of ether oxygens (including phenoxy) is 1. The van der Waals surface area contributed by atoms with Crippen LogP contribution in [0.15, 0.2) is 60.0 Å². The number of aliphatic hydroxyl groups excluding tert-OH is 1. The van der Waals surface area contributed by atoms with Crippen LogP contribution in [0.25, 0.3) is 11.3 Å². The number of aliphatic hydroxyl groups is 1. The Morgan fingerprint density at radius 1 is 1.10 bits per heavy atom. The fourth-order valence-corrected chi connectivity index (χ4v) is 2.94. The monoisotopic (exact) mass is 297 g/mol. The predicted octanol–water partition coefficient (Wildman–Crippen LogP) is 3.90. The standard InChI is InChI=1S/C17H15NO2S/c1-20-14-9-5-8-13(10-14)15-11-21-17(18-15)16(19)12-6-3-2-4-7-12/h2-11,16,19H,1H3. The quantitative estimate of drug-likeness (QED) is 0.794. The van der Waals surface area contributed by atoms with Gasteiger partial charge in [-0.15, -0.1) is 11.3 Å². The molecule has 3 aromatic rings. The zero-order chi connectivity index (χ0) is 14.7. The van der Waals surface area contributed by atoms with E-state index in [9.17, 15) is 5.11 Å². The van der Waals surface area contributed by atoms with Crippen LogP contribution in [0.1, 0.15) is 16.7 Å². The van der Waals surface area contributed by atoms with Crippen molar-refractivity contribution in [3.63, 3.8) is 0 Å². The molecule has 21 heavy (non-hydrogen) atoms. The van der Waals surface area contributed by atoms with Crippen LogP contribution in [-0.4, -0.2) is 17.2 Å². The van der Waals surface area contributed by atoms with Gasteiger partial charge < -0.3 is 9.84 Å². The highest BCUT2D eigenvalue weighted by Gasteiger charge is 2.15. The molecule has 0 bridgehead atoms. The molecule has 4 heteroatoms. The molecule has 1 aromatic heterocycles. The maximum atomic E-state index is 10.4. The summed E-state index contributed by atoms with van der Waals surface area (Å²) in [4.78, 5) is 4.55. The van der Waals surface area contributed by atoms with Crippen molar-refractivity contribution in [2.45, 2.75) is 6.10 Å². The highest BCUT2D eigenvalue weighted by molar-refractivity contribution is 7.10. The summed E-state index contributed by atoms with van der Waals surface area (Å²) in [6, 6.07) is 17.3. The lowest BCUT2D eigenvalue weighted by molar-refractivity contribution is 0.220. The molecule has 0 amide bonds. The normalized spacial score (nSPS) is 12.1. The molecule has 0 aliphatic rings. The average molecular weight is 297 g/mol. The van der Waals surface area contributed by atoms with Crippen LogP contribution in [0.2, 0.25) is 0 Å². The number of thiazole rings is 1. The summed E-state index contributed by atoms with van der Waals surface area (Å²) in [6.45, 7) is 0.